The maximum absolute atomic E-state index is 13.8. The lowest BCUT2D eigenvalue weighted by Crippen LogP contribution is -2.12. The summed E-state index contributed by atoms with van der Waals surface area (Å²) in [6.45, 7) is 0. The van der Waals surface area contributed by atoms with Crippen molar-refractivity contribution in [3.05, 3.63) is 57.0 Å². The maximum atomic E-state index is 13.8. The minimum atomic E-state index is -0.670. The molecule has 0 atom stereocenters. The average molecular weight is 336 g/mol. The minimum absolute atomic E-state index is 0.236. The molecule has 0 bridgehead atoms. The van der Waals surface area contributed by atoms with Crippen LogP contribution >= 0.6 is 22.7 Å². The van der Waals surface area contributed by atoms with Gasteiger partial charge in [0.05, 0.1) is 10.2 Å². The Morgan fingerprint density at radius 3 is 2.91 bits per heavy atom. The van der Waals surface area contributed by atoms with Crippen LogP contribution in [0.4, 0.5) is 8.78 Å². The number of fused-ring (bicyclic) bond motifs is 1. The lowest BCUT2D eigenvalue weighted by molar-refractivity contribution is -0.113. The van der Waals surface area contributed by atoms with Gasteiger partial charge in [0.15, 0.2) is 10.6 Å². The smallest absolute Gasteiger partial charge is 0.272 e. The number of rotatable bonds is 2. The van der Waals surface area contributed by atoms with E-state index in [1.54, 1.807) is 13.1 Å². The van der Waals surface area contributed by atoms with Crippen molar-refractivity contribution in [1.29, 1.82) is 0 Å². The van der Waals surface area contributed by atoms with Crippen LogP contribution in [0.25, 0.3) is 16.3 Å². The molecule has 0 aliphatic carbocycles. The van der Waals surface area contributed by atoms with Gasteiger partial charge < -0.3 is 4.57 Å². The Kier molecular flexibility index (Phi) is 4.00. The van der Waals surface area contributed by atoms with Gasteiger partial charge in [0.2, 0.25) is 0 Å². The van der Waals surface area contributed by atoms with Crippen LogP contribution in [-0.2, 0) is 11.8 Å². The van der Waals surface area contributed by atoms with E-state index in [-0.39, 0.29) is 5.52 Å². The summed E-state index contributed by atoms with van der Waals surface area (Å²) in [5.41, 5.74) is 0.236. The van der Waals surface area contributed by atoms with E-state index >= 15 is 0 Å². The highest BCUT2D eigenvalue weighted by molar-refractivity contribution is 7.16. The summed E-state index contributed by atoms with van der Waals surface area (Å²) in [6.07, 6.45) is 3.03. The number of aromatic nitrogens is 1. The van der Waals surface area contributed by atoms with Gasteiger partial charge in [-0.05, 0) is 23.6 Å². The molecule has 0 unspecified atom stereocenters. The summed E-state index contributed by atoms with van der Waals surface area (Å²) in [6, 6.07) is 5.81. The lowest BCUT2D eigenvalue weighted by Gasteiger charge is -1.97. The van der Waals surface area contributed by atoms with E-state index < -0.39 is 17.5 Å². The number of aryl methyl sites for hydroxylation is 1. The normalized spacial score (nSPS) is 12.6. The minimum Gasteiger partial charge on any atom is -0.317 e. The van der Waals surface area contributed by atoms with Crippen LogP contribution in [0.3, 0.4) is 0 Å². The van der Waals surface area contributed by atoms with E-state index in [0.717, 1.165) is 22.3 Å². The molecule has 0 saturated carbocycles. The Balaban J connectivity index is 2.01. The number of hydrogen-bond acceptors (Lipinski definition) is 3. The second kappa shape index (κ2) is 5.94. The van der Waals surface area contributed by atoms with Crippen LogP contribution < -0.4 is 4.80 Å². The fraction of sp³-hybridized carbons (Fsp3) is 0.0667. The zero-order valence-corrected chi connectivity index (χ0v) is 13.0. The standard InChI is InChI=1S/C15H10F2N2OS2/c1-19-14-11(17)7-9(16)8-12(14)22-15(19)18-13(20)5-4-10-3-2-6-21-10/h2-8H,1H3/b5-4+,18-15?. The van der Waals surface area contributed by atoms with E-state index in [1.165, 1.54) is 28.0 Å². The molecular weight excluding hydrogens is 326 g/mol. The van der Waals surface area contributed by atoms with Crippen LogP contribution in [0.5, 0.6) is 0 Å². The highest BCUT2D eigenvalue weighted by Gasteiger charge is 2.10. The van der Waals surface area contributed by atoms with E-state index in [2.05, 4.69) is 4.99 Å². The van der Waals surface area contributed by atoms with Gasteiger partial charge in [-0.15, -0.1) is 11.3 Å². The fourth-order valence-corrected chi connectivity index (χ4v) is 3.66. The third-order valence-corrected chi connectivity index (χ3v) is 4.87. The van der Waals surface area contributed by atoms with Crippen molar-refractivity contribution in [2.45, 2.75) is 0 Å². The molecule has 2 heterocycles. The summed E-state index contributed by atoms with van der Waals surface area (Å²) in [7, 11) is 1.59. The molecule has 0 spiro atoms. The zero-order chi connectivity index (χ0) is 15.7. The van der Waals surface area contributed by atoms with E-state index in [1.807, 2.05) is 17.5 Å². The highest BCUT2D eigenvalue weighted by Crippen LogP contribution is 2.21. The van der Waals surface area contributed by atoms with Gasteiger partial charge in [0, 0.05) is 24.1 Å². The molecule has 3 aromatic rings. The molecule has 3 rings (SSSR count). The number of halogens is 2. The van der Waals surface area contributed by atoms with Crippen LogP contribution in [0.15, 0.2) is 40.7 Å². The third-order valence-electron chi connectivity index (χ3n) is 2.96. The van der Waals surface area contributed by atoms with Crippen molar-refractivity contribution < 1.29 is 13.6 Å². The first-order chi connectivity index (χ1) is 10.5. The van der Waals surface area contributed by atoms with Gasteiger partial charge in [-0.2, -0.15) is 4.99 Å². The molecule has 7 heteroatoms. The lowest BCUT2D eigenvalue weighted by atomic mass is 10.3. The first-order valence-corrected chi connectivity index (χ1v) is 7.99. The van der Waals surface area contributed by atoms with Gasteiger partial charge in [0.1, 0.15) is 5.82 Å². The Morgan fingerprint density at radius 1 is 1.36 bits per heavy atom. The van der Waals surface area contributed by atoms with Crippen molar-refractivity contribution in [3.8, 4) is 0 Å². The molecule has 0 aliphatic rings. The van der Waals surface area contributed by atoms with Gasteiger partial charge >= 0.3 is 0 Å². The predicted molar refractivity (Wildman–Crippen MR) is 84.6 cm³/mol. The van der Waals surface area contributed by atoms with Gasteiger partial charge in [0.25, 0.3) is 5.91 Å². The molecule has 1 aromatic carbocycles. The third kappa shape index (κ3) is 2.90. The fourth-order valence-electron chi connectivity index (χ4n) is 1.98. The number of carbonyl (C=O) groups excluding carboxylic acids is 1. The van der Waals surface area contributed by atoms with Crippen LogP contribution in [0.2, 0.25) is 0 Å². The monoisotopic (exact) mass is 336 g/mol. The maximum Gasteiger partial charge on any atom is 0.272 e. The first kappa shape index (κ1) is 14.8. The summed E-state index contributed by atoms with van der Waals surface area (Å²) < 4.78 is 28.9. The quantitative estimate of drug-likeness (QED) is 0.657. The summed E-state index contributed by atoms with van der Waals surface area (Å²) in [5, 5.41) is 1.91. The number of nitrogens with zero attached hydrogens (tertiary/aromatic N) is 2. The second-order valence-electron chi connectivity index (χ2n) is 4.48. The Labute approximate surface area is 132 Å². The van der Waals surface area contributed by atoms with Crippen molar-refractivity contribution >= 4 is 44.9 Å². The number of thiazole rings is 1. The van der Waals surface area contributed by atoms with Gasteiger partial charge in [-0.25, -0.2) is 8.78 Å². The number of benzene rings is 1. The Hall–Kier alpha value is -2.12. The van der Waals surface area contributed by atoms with E-state index in [9.17, 15) is 13.6 Å². The highest BCUT2D eigenvalue weighted by atomic mass is 32.1. The molecule has 22 heavy (non-hydrogen) atoms. The molecule has 0 saturated heterocycles. The Bertz CT molecular complexity index is 937. The molecule has 0 fully saturated rings. The summed E-state index contributed by atoms with van der Waals surface area (Å²) >= 11 is 2.58. The zero-order valence-electron chi connectivity index (χ0n) is 11.4. The Morgan fingerprint density at radius 2 is 2.18 bits per heavy atom. The van der Waals surface area contributed by atoms with Crippen molar-refractivity contribution in [2.75, 3.05) is 0 Å². The van der Waals surface area contributed by atoms with E-state index in [0.29, 0.717) is 9.50 Å². The van der Waals surface area contributed by atoms with Crippen LogP contribution in [-0.4, -0.2) is 10.5 Å². The largest absolute Gasteiger partial charge is 0.317 e. The summed E-state index contributed by atoms with van der Waals surface area (Å²) in [5.74, 6) is -1.77. The predicted octanol–water partition coefficient (Wildman–Crippen LogP) is 3.72. The number of carbonyl (C=O) groups is 1. The molecule has 112 valence electrons. The molecule has 0 N–H and O–H groups in total. The SMILES string of the molecule is Cn1c(=NC(=O)/C=C/c2cccs2)sc2cc(F)cc(F)c21. The van der Waals surface area contributed by atoms with E-state index in [4.69, 9.17) is 0 Å². The number of amides is 1. The molecular formula is C15H10F2N2OS2. The van der Waals surface area contributed by atoms with Crippen molar-refractivity contribution in [2.24, 2.45) is 12.0 Å². The average Bonchev–Trinajstić information content (AvgIpc) is 3.05. The van der Waals surface area contributed by atoms with Gasteiger partial charge in [-0.1, -0.05) is 17.4 Å². The van der Waals surface area contributed by atoms with Crippen LogP contribution in [0, 0.1) is 11.6 Å². The second-order valence-corrected chi connectivity index (χ2v) is 6.47. The number of hydrogen-bond donors (Lipinski definition) is 0. The van der Waals surface area contributed by atoms with Crippen LogP contribution in [0.1, 0.15) is 4.88 Å². The topological polar surface area (TPSA) is 34.4 Å². The van der Waals surface area contributed by atoms with Crippen molar-refractivity contribution in [3.63, 3.8) is 0 Å². The summed E-state index contributed by atoms with van der Waals surface area (Å²) in [4.78, 5) is 17.1. The molecule has 1 amide bonds. The first-order valence-electron chi connectivity index (χ1n) is 6.29. The number of thiophene rings is 1. The molecule has 0 aliphatic heterocycles. The molecule has 0 radical (unpaired) electrons. The molecule has 3 nitrogen and oxygen atoms in total. The molecule has 2 aromatic heterocycles. The van der Waals surface area contributed by atoms with Gasteiger partial charge in [-0.3, -0.25) is 4.79 Å². The van der Waals surface area contributed by atoms with Crippen molar-refractivity contribution in [1.82, 2.24) is 4.57 Å².